The molecule has 1 unspecified atom stereocenters. The van der Waals surface area contributed by atoms with Gasteiger partial charge in [0.15, 0.2) is 0 Å². The fourth-order valence-corrected chi connectivity index (χ4v) is 2.63. The van der Waals surface area contributed by atoms with Crippen LogP contribution in [-0.4, -0.2) is 19.7 Å². The molecule has 1 atom stereocenters. The second-order valence-corrected chi connectivity index (χ2v) is 7.70. The molecule has 1 saturated carbocycles. The molecule has 2 nitrogen and oxygen atoms in total. The molecule has 0 spiro atoms. The van der Waals surface area contributed by atoms with Crippen LogP contribution in [0.5, 0.6) is 5.75 Å². The van der Waals surface area contributed by atoms with Gasteiger partial charge < -0.3 is 10.1 Å². The zero-order valence-electron chi connectivity index (χ0n) is 14.1. The van der Waals surface area contributed by atoms with Gasteiger partial charge >= 0.3 is 0 Å². The Morgan fingerprint density at radius 1 is 1.19 bits per heavy atom. The van der Waals surface area contributed by atoms with Crippen LogP contribution in [0.3, 0.4) is 0 Å². The van der Waals surface area contributed by atoms with Crippen LogP contribution >= 0.6 is 0 Å². The summed E-state index contributed by atoms with van der Waals surface area (Å²) in [6.45, 7) is 8.18. The van der Waals surface area contributed by atoms with Crippen LogP contribution in [0, 0.1) is 11.3 Å². The van der Waals surface area contributed by atoms with Crippen LogP contribution < -0.4 is 10.1 Å². The molecular weight excluding hydrogens is 258 g/mol. The second-order valence-electron chi connectivity index (χ2n) is 7.70. The molecule has 1 N–H and O–H groups in total. The van der Waals surface area contributed by atoms with Crippen LogP contribution in [-0.2, 0) is 6.42 Å². The number of rotatable bonds is 8. The minimum atomic E-state index is 0.428. The number of hydrogen-bond acceptors (Lipinski definition) is 2. The predicted octanol–water partition coefficient (Wildman–Crippen LogP) is 4.43. The van der Waals surface area contributed by atoms with Crippen molar-refractivity contribution in [1.29, 1.82) is 0 Å². The number of benzene rings is 1. The van der Waals surface area contributed by atoms with Gasteiger partial charge in [-0.15, -0.1) is 0 Å². The normalized spacial score (nSPS) is 16.8. The molecule has 2 rings (SSSR count). The topological polar surface area (TPSA) is 21.3 Å². The molecule has 0 heterocycles. The van der Waals surface area contributed by atoms with Gasteiger partial charge in [0, 0.05) is 6.04 Å². The van der Waals surface area contributed by atoms with E-state index in [1.54, 1.807) is 7.11 Å². The first-order valence-corrected chi connectivity index (χ1v) is 8.32. The Kier molecular flexibility index (Phi) is 5.69. The van der Waals surface area contributed by atoms with Crippen molar-refractivity contribution in [3.8, 4) is 5.75 Å². The van der Waals surface area contributed by atoms with Gasteiger partial charge in [-0.1, -0.05) is 32.9 Å². The third-order valence-electron chi connectivity index (χ3n) is 4.26. The molecule has 0 amide bonds. The Hall–Kier alpha value is -1.02. The standard InChI is InChI=1S/C19H31NO/c1-19(2,3)12-11-16(14-20-17-7-8-17)13-15-5-9-18(21-4)10-6-15/h5-6,9-10,16-17,20H,7-8,11-14H2,1-4H3. The lowest BCUT2D eigenvalue weighted by Gasteiger charge is -2.24. The SMILES string of the molecule is COc1ccc(CC(CCC(C)(C)C)CNC2CC2)cc1. The molecule has 1 aromatic rings. The lowest BCUT2D eigenvalue weighted by molar-refractivity contribution is 0.313. The van der Waals surface area contributed by atoms with Crippen molar-refractivity contribution < 1.29 is 4.74 Å². The number of hydrogen-bond donors (Lipinski definition) is 1. The highest BCUT2D eigenvalue weighted by molar-refractivity contribution is 5.27. The van der Waals surface area contributed by atoms with Crippen molar-refractivity contribution in [2.24, 2.45) is 11.3 Å². The molecule has 1 fully saturated rings. The predicted molar refractivity (Wildman–Crippen MR) is 89.9 cm³/mol. The molecule has 0 aromatic heterocycles. The monoisotopic (exact) mass is 289 g/mol. The lowest BCUT2D eigenvalue weighted by atomic mass is 9.84. The highest BCUT2D eigenvalue weighted by atomic mass is 16.5. The van der Waals surface area contributed by atoms with Crippen LogP contribution in [0.2, 0.25) is 0 Å². The van der Waals surface area contributed by atoms with E-state index in [9.17, 15) is 0 Å². The smallest absolute Gasteiger partial charge is 0.118 e. The van der Waals surface area contributed by atoms with Crippen LogP contribution in [0.4, 0.5) is 0 Å². The first-order valence-electron chi connectivity index (χ1n) is 8.32. The van der Waals surface area contributed by atoms with E-state index in [0.29, 0.717) is 5.41 Å². The molecule has 21 heavy (non-hydrogen) atoms. The van der Waals surface area contributed by atoms with Crippen molar-refractivity contribution >= 4 is 0 Å². The molecule has 0 aliphatic heterocycles. The van der Waals surface area contributed by atoms with E-state index >= 15 is 0 Å². The second kappa shape index (κ2) is 7.31. The average Bonchev–Trinajstić information content (AvgIpc) is 3.26. The van der Waals surface area contributed by atoms with Gasteiger partial charge in [0.1, 0.15) is 5.75 Å². The number of methoxy groups -OCH3 is 1. The van der Waals surface area contributed by atoms with Crippen molar-refractivity contribution in [2.45, 2.75) is 58.9 Å². The molecule has 0 saturated heterocycles. The van der Waals surface area contributed by atoms with Gasteiger partial charge in [-0.25, -0.2) is 0 Å². The van der Waals surface area contributed by atoms with Gasteiger partial charge in [0.25, 0.3) is 0 Å². The molecule has 1 aromatic carbocycles. The van der Waals surface area contributed by atoms with Crippen molar-refractivity contribution in [3.05, 3.63) is 29.8 Å². The Morgan fingerprint density at radius 2 is 1.86 bits per heavy atom. The molecule has 118 valence electrons. The lowest BCUT2D eigenvalue weighted by Crippen LogP contribution is -2.27. The van der Waals surface area contributed by atoms with Crippen LogP contribution in [0.25, 0.3) is 0 Å². The molecule has 2 heteroatoms. The van der Waals surface area contributed by atoms with Gasteiger partial charge in [-0.3, -0.25) is 0 Å². The van der Waals surface area contributed by atoms with E-state index in [1.807, 2.05) is 0 Å². The molecule has 1 aliphatic carbocycles. The zero-order valence-corrected chi connectivity index (χ0v) is 14.1. The summed E-state index contributed by atoms with van der Waals surface area (Å²) in [5, 5.41) is 3.71. The summed E-state index contributed by atoms with van der Waals surface area (Å²) in [5.74, 6) is 1.68. The van der Waals surface area contributed by atoms with Gasteiger partial charge in [0.05, 0.1) is 7.11 Å². The zero-order chi connectivity index (χ0) is 15.3. The largest absolute Gasteiger partial charge is 0.497 e. The third kappa shape index (κ3) is 6.52. The summed E-state index contributed by atoms with van der Waals surface area (Å²) in [6, 6.07) is 9.37. The van der Waals surface area contributed by atoms with Gasteiger partial charge in [-0.2, -0.15) is 0 Å². The highest BCUT2D eigenvalue weighted by Gasteiger charge is 2.23. The number of ether oxygens (including phenoxy) is 1. The van der Waals surface area contributed by atoms with Crippen LogP contribution in [0.1, 0.15) is 52.0 Å². The fourth-order valence-electron chi connectivity index (χ4n) is 2.63. The molecular formula is C19H31NO. The van der Waals surface area contributed by atoms with E-state index < -0.39 is 0 Å². The Morgan fingerprint density at radius 3 is 2.38 bits per heavy atom. The molecule has 0 radical (unpaired) electrons. The van der Waals surface area contributed by atoms with Gasteiger partial charge in [-0.05, 0) is 67.7 Å². The first kappa shape index (κ1) is 16.4. The van der Waals surface area contributed by atoms with Gasteiger partial charge in [0.2, 0.25) is 0 Å². The van der Waals surface area contributed by atoms with E-state index in [-0.39, 0.29) is 0 Å². The average molecular weight is 289 g/mol. The number of nitrogens with one attached hydrogen (secondary N) is 1. The summed E-state index contributed by atoms with van der Waals surface area (Å²) in [5.41, 5.74) is 1.85. The van der Waals surface area contributed by atoms with Crippen molar-refractivity contribution in [2.75, 3.05) is 13.7 Å². The third-order valence-corrected chi connectivity index (χ3v) is 4.26. The van der Waals surface area contributed by atoms with E-state index in [1.165, 1.54) is 37.7 Å². The minimum Gasteiger partial charge on any atom is -0.497 e. The highest BCUT2D eigenvalue weighted by Crippen LogP contribution is 2.27. The quantitative estimate of drug-likeness (QED) is 0.764. The molecule has 0 bridgehead atoms. The van der Waals surface area contributed by atoms with E-state index in [4.69, 9.17) is 4.74 Å². The van der Waals surface area contributed by atoms with Crippen LogP contribution in [0.15, 0.2) is 24.3 Å². The summed E-state index contributed by atoms with van der Waals surface area (Å²) >= 11 is 0. The minimum absolute atomic E-state index is 0.428. The Bertz CT molecular complexity index is 414. The van der Waals surface area contributed by atoms with E-state index in [2.05, 4.69) is 50.4 Å². The van der Waals surface area contributed by atoms with Crippen molar-refractivity contribution in [1.82, 2.24) is 5.32 Å². The maximum absolute atomic E-state index is 5.24. The summed E-state index contributed by atoms with van der Waals surface area (Å²) in [6.07, 6.45) is 6.50. The van der Waals surface area contributed by atoms with Crippen molar-refractivity contribution in [3.63, 3.8) is 0 Å². The van der Waals surface area contributed by atoms with E-state index in [0.717, 1.165) is 24.3 Å². The molecule has 1 aliphatic rings. The Labute approximate surface area is 130 Å². The summed E-state index contributed by atoms with van der Waals surface area (Å²) < 4.78 is 5.24. The maximum atomic E-state index is 5.24. The fraction of sp³-hybridized carbons (Fsp3) is 0.684. The summed E-state index contributed by atoms with van der Waals surface area (Å²) in [4.78, 5) is 0. The first-order chi connectivity index (χ1) is 9.96. The summed E-state index contributed by atoms with van der Waals surface area (Å²) in [7, 11) is 1.72. The Balaban J connectivity index is 1.88. The maximum Gasteiger partial charge on any atom is 0.118 e.